The molecule has 1 rings (SSSR count). The standard InChI is InChI=1S/C10H13ClO4S2/c1-7(2)6-15-9(12)5-8-3-4-10(16-8)17(11,13)14/h3-4,7H,5-6H2,1-2H3. The van der Waals surface area contributed by atoms with Crippen LogP contribution in [0.15, 0.2) is 16.3 Å². The van der Waals surface area contributed by atoms with E-state index >= 15 is 0 Å². The molecule has 0 radical (unpaired) electrons. The van der Waals surface area contributed by atoms with E-state index < -0.39 is 9.05 Å². The number of hydrogen-bond acceptors (Lipinski definition) is 5. The highest BCUT2D eigenvalue weighted by atomic mass is 35.7. The second-order valence-corrected chi connectivity index (χ2v) is 7.87. The highest BCUT2D eigenvalue weighted by Crippen LogP contribution is 2.25. The van der Waals surface area contributed by atoms with Gasteiger partial charge in [-0.05, 0) is 18.1 Å². The van der Waals surface area contributed by atoms with Crippen LogP contribution in [0.2, 0.25) is 0 Å². The van der Waals surface area contributed by atoms with Crippen LogP contribution in [0.4, 0.5) is 0 Å². The molecule has 0 unspecified atom stereocenters. The Hall–Kier alpha value is -0.590. The van der Waals surface area contributed by atoms with E-state index in [1.54, 1.807) is 6.07 Å². The van der Waals surface area contributed by atoms with E-state index in [2.05, 4.69) is 0 Å². The zero-order valence-electron chi connectivity index (χ0n) is 9.47. The summed E-state index contributed by atoms with van der Waals surface area (Å²) in [6.07, 6.45) is 0.0732. The summed E-state index contributed by atoms with van der Waals surface area (Å²) < 4.78 is 27.0. The Morgan fingerprint density at radius 2 is 2.12 bits per heavy atom. The van der Waals surface area contributed by atoms with Gasteiger partial charge in [-0.3, -0.25) is 4.79 Å². The van der Waals surface area contributed by atoms with E-state index in [0.29, 0.717) is 11.5 Å². The predicted molar refractivity (Wildman–Crippen MR) is 66.9 cm³/mol. The third-order valence-corrected chi connectivity index (χ3v) is 4.95. The minimum atomic E-state index is -3.70. The van der Waals surface area contributed by atoms with Crippen LogP contribution < -0.4 is 0 Å². The molecule has 0 aliphatic heterocycles. The lowest BCUT2D eigenvalue weighted by molar-refractivity contribution is -0.143. The number of halogens is 1. The Balaban J connectivity index is 2.58. The molecule has 0 saturated carbocycles. The predicted octanol–water partition coefficient (Wildman–Crippen LogP) is 2.42. The van der Waals surface area contributed by atoms with Gasteiger partial charge in [0.2, 0.25) is 0 Å². The topological polar surface area (TPSA) is 60.4 Å². The number of rotatable bonds is 5. The van der Waals surface area contributed by atoms with Gasteiger partial charge in [0.25, 0.3) is 9.05 Å². The number of hydrogen-bond donors (Lipinski definition) is 0. The summed E-state index contributed by atoms with van der Waals surface area (Å²) in [6, 6.07) is 2.95. The van der Waals surface area contributed by atoms with Crippen LogP contribution in [-0.2, 0) is 25.0 Å². The maximum atomic E-state index is 11.4. The average Bonchev–Trinajstić information content (AvgIpc) is 2.62. The van der Waals surface area contributed by atoms with Crippen LogP contribution in [0.25, 0.3) is 0 Å². The lowest BCUT2D eigenvalue weighted by Gasteiger charge is -2.05. The van der Waals surface area contributed by atoms with Crippen molar-refractivity contribution >= 4 is 37.0 Å². The van der Waals surface area contributed by atoms with Gasteiger partial charge in [-0.2, -0.15) is 0 Å². The molecule has 17 heavy (non-hydrogen) atoms. The van der Waals surface area contributed by atoms with Crippen LogP contribution in [0.5, 0.6) is 0 Å². The van der Waals surface area contributed by atoms with Crippen LogP contribution in [-0.4, -0.2) is 21.0 Å². The Kier molecular flexibility index (Phi) is 4.97. The monoisotopic (exact) mass is 296 g/mol. The third kappa shape index (κ3) is 5.06. The van der Waals surface area contributed by atoms with Gasteiger partial charge in [-0.1, -0.05) is 13.8 Å². The van der Waals surface area contributed by atoms with Crippen molar-refractivity contribution in [3.63, 3.8) is 0 Å². The average molecular weight is 297 g/mol. The van der Waals surface area contributed by atoms with Gasteiger partial charge in [-0.25, -0.2) is 8.42 Å². The fourth-order valence-corrected chi connectivity index (χ4v) is 3.15. The molecule has 0 saturated heterocycles. The molecule has 0 aromatic carbocycles. The van der Waals surface area contributed by atoms with E-state index in [1.165, 1.54) is 6.07 Å². The van der Waals surface area contributed by atoms with Crippen molar-refractivity contribution in [1.29, 1.82) is 0 Å². The van der Waals surface area contributed by atoms with Gasteiger partial charge in [0, 0.05) is 15.6 Å². The van der Waals surface area contributed by atoms with Gasteiger partial charge in [-0.15, -0.1) is 11.3 Å². The summed E-state index contributed by atoms with van der Waals surface area (Å²) in [6.45, 7) is 4.25. The van der Waals surface area contributed by atoms with E-state index in [0.717, 1.165) is 11.3 Å². The summed E-state index contributed by atoms with van der Waals surface area (Å²) in [5.41, 5.74) is 0. The Morgan fingerprint density at radius 3 is 2.59 bits per heavy atom. The van der Waals surface area contributed by atoms with Gasteiger partial charge >= 0.3 is 5.97 Å². The van der Waals surface area contributed by atoms with E-state index in [1.807, 2.05) is 13.8 Å². The number of carbonyl (C=O) groups is 1. The van der Waals surface area contributed by atoms with Gasteiger partial charge in [0.15, 0.2) is 0 Å². The molecule has 7 heteroatoms. The molecule has 0 fully saturated rings. The number of thiophene rings is 1. The van der Waals surface area contributed by atoms with Crippen LogP contribution in [0.3, 0.4) is 0 Å². The SMILES string of the molecule is CC(C)COC(=O)Cc1ccc(S(=O)(=O)Cl)s1. The number of carbonyl (C=O) groups excluding carboxylic acids is 1. The molecule has 0 aliphatic rings. The first-order chi connectivity index (χ1) is 7.79. The van der Waals surface area contributed by atoms with Crippen molar-refractivity contribution in [2.75, 3.05) is 6.61 Å². The lowest BCUT2D eigenvalue weighted by atomic mass is 10.2. The summed E-state index contributed by atoms with van der Waals surface area (Å²) in [4.78, 5) is 12.0. The second kappa shape index (κ2) is 5.84. The first kappa shape index (κ1) is 14.5. The van der Waals surface area contributed by atoms with Crippen molar-refractivity contribution in [2.24, 2.45) is 5.92 Å². The molecule has 0 spiro atoms. The molecule has 0 bridgehead atoms. The van der Waals surface area contributed by atoms with Gasteiger partial charge in [0.1, 0.15) is 4.21 Å². The largest absolute Gasteiger partial charge is 0.465 e. The third-order valence-electron chi connectivity index (χ3n) is 1.77. The van der Waals surface area contributed by atoms with E-state index in [9.17, 15) is 13.2 Å². The summed E-state index contributed by atoms with van der Waals surface area (Å²) in [5.74, 6) is -0.0832. The summed E-state index contributed by atoms with van der Waals surface area (Å²) >= 11 is 0.982. The lowest BCUT2D eigenvalue weighted by Crippen LogP contribution is -2.11. The Morgan fingerprint density at radius 1 is 1.47 bits per heavy atom. The summed E-state index contributed by atoms with van der Waals surface area (Å²) in [5, 5.41) is 0. The molecular formula is C10H13ClO4S2. The van der Waals surface area contributed by atoms with Crippen LogP contribution >= 0.6 is 22.0 Å². The molecule has 0 N–H and O–H groups in total. The number of ether oxygens (including phenoxy) is 1. The minimum Gasteiger partial charge on any atom is -0.465 e. The van der Waals surface area contributed by atoms with Crippen LogP contribution in [0.1, 0.15) is 18.7 Å². The van der Waals surface area contributed by atoms with Crippen molar-refractivity contribution in [2.45, 2.75) is 24.5 Å². The molecule has 1 aromatic rings. The van der Waals surface area contributed by atoms with Crippen molar-refractivity contribution in [1.82, 2.24) is 0 Å². The molecule has 0 amide bonds. The molecule has 4 nitrogen and oxygen atoms in total. The molecule has 0 aliphatic carbocycles. The van der Waals surface area contributed by atoms with E-state index in [-0.39, 0.29) is 22.5 Å². The zero-order chi connectivity index (χ0) is 13.1. The maximum Gasteiger partial charge on any atom is 0.311 e. The van der Waals surface area contributed by atoms with Crippen molar-refractivity contribution in [3.8, 4) is 0 Å². The quantitative estimate of drug-likeness (QED) is 0.618. The van der Waals surface area contributed by atoms with E-state index in [4.69, 9.17) is 15.4 Å². The first-order valence-corrected chi connectivity index (χ1v) is 8.10. The maximum absolute atomic E-state index is 11.4. The first-order valence-electron chi connectivity index (χ1n) is 4.98. The smallest absolute Gasteiger partial charge is 0.311 e. The normalized spacial score (nSPS) is 11.8. The van der Waals surface area contributed by atoms with Gasteiger partial charge < -0.3 is 4.74 Å². The van der Waals surface area contributed by atoms with Crippen LogP contribution in [0, 0.1) is 5.92 Å². The highest BCUT2D eigenvalue weighted by Gasteiger charge is 2.15. The van der Waals surface area contributed by atoms with Crippen molar-refractivity contribution < 1.29 is 17.9 Å². The minimum absolute atomic E-state index is 0.0471. The Labute approximate surface area is 109 Å². The molecule has 1 aromatic heterocycles. The molecule has 0 atom stereocenters. The fourth-order valence-electron chi connectivity index (χ4n) is 1.04. The summed E-state index contributed by atoms with van der Waals surface area (Å²) in [7, 11) is 1.47. The van der Waals surface area contributed by atoms with Gasteiger partial charge in [0.05, 0.1) is 13.0 Å². The number of esters is 1. The Bertz CT molecular complexity index is 490. The molecular weight excluding hydrogens is 284 g/mol. The highest BCUT2D eigenvalue weighted by molar-refractivity contribution is 8.15. The fraction of sp³-hybridized carbons (Fsp3) is 0.500. The molecule has 1 heterocycles. The second-order valence-electron chi connectivity index (χ2n) is 3.91. The zero-order valence-corrected chi connectivity index (χ0v) is 11.9. The van der Waals surface area contributed by atoms with Crippen molar-refractivity contribution in [3.05, 3.63) is 17.0 Å². The molecule has 96 valence electrons.